The highest BCUT2D eigenvalue weighted by Crippen LogP contribution is 2.19. The molecule has 6 nitrogen and oxygen atoms in total. The van der Waals surface area contributed by atoms with Crippen LogP contribution in [0, 0.1) is 0 Å². The summed E-state index contributed by atoms with van der Waals surface area (Å²) in [6.07, 6.45) is -5.51. The first-order valence-electron chi connectivity index (χ1n) is 4.89. The zero-order valence-electron chi connectivity index (χ0n) is 8.85. The Balaban J connectivity index is 2.30. The molecule has 1 unspecified atom stereocenters. The smallest absolute Gasteiger partial charge is 0.394 e. The van der Waals surface area contributed by atoms with Gasteiger partial charge in [0.25, 0.3) is 0 Å². The van der Waals surface area contributed by atoms with Gasteiger partial charge in [0.05, 0.1) is 18.8 Å². The molecule has 1 rings (SSSR count). The van der Waals surface area contributed by atoms with Crippen molar-refractivity contribution in [1.29, 1.82) is 0 Å². The monoisotopic (exact) mass is 254 g/mol. The van der Waals surface area contributed by atoms with Crippen molar-refractivity contribution in [3.05, 3.63) is 11.9 Å². The van der Waals surface area contributed by atoms with Gasteiger partial charge in [-0.2, -0.15) is 13.2 Å². The Morgan fingerprint density at radius 2 is 2.18 bits per heavy atom. The van der Waals surface area contributed by atoms with Gasteiger partial charge in [-0.1, -0.05) is 5.21 Å². The summed E-state index contributed by atoms with van der Waals surface area (Å²) in [4.78, 5) is 0. The van der Waals surface area contributed by atoms with Crippen molar-refractivity contribution in [1.82, 2.24) is 20.3 Å². The molecule has 0 spiro atoms. The van der Waals surface area contributed by atoms with Gasteiger partial charge in [-0.25, -0.2) is 4.68 Å². The first kappa shape index (κ1) is 13.9. The molecular formula is C8H13F3N4O2. The van der Waals surface area contributed by atoms with Crippen molar-refractivity contribution in [2.45, 2.75) is 25.4 Å². The van der Waals surface area contributed by atoms with E-state index in [9.17, 15) is 13.2 Å². The van der Waals surface area contributed by atoms with Crippen LogP contribution in [0.2, 0.25) is 0 Å². The molecule has 1 atom stereocenters. The molecule has 98 valence electrons. The number of hydrogen-bond acceptors (Lipinski definition) is 5. The average Bonchev–Trinajstić information content (AvgIpc) is 2.65. The lowest BCUT2D eigenvalue weighted by Crippen LogP contribution is -2.38. The molecule has 0 aliphatic heterocycles. The number of alkyl halides is 3. The van der Waals surface area contributed by atoms with E-state index in [0.717, 1.165) is 0 Å². The van der Waals surface area contributed by atoms with Crippen molar-refractivity contribution in [3.63, 3.8) is 0 Å². The van der Waals surface area contributed by atoms with Crippen LogP contribution in [0.25, 0.3) is 0 Å². The van der Waals surface area contributed by atoms with Gasteiger partial charge in [-0.15, -0.1) is 5.10 Å². The zero-order chi connectivity index (χ0) is 12.9. The molecule has 0 aliphatic carbocycles. The van der Waals surface area contributed by atoms with Crippen LogP contribution in [-0.4, -0.2) is 50.6 Å². The number of halogens is 3. The fraction of sp³-hybridized carbons (Fsp3) is 0.750. The third-order valence-corrected chi connectivity index (χ3v) is 1.94. The standard InChI is InChI=1S/C8H13F3N4O2/c9-8(10,11)7(17)4-12-3-6-5-15(1-2-16)14-13-6/h5,7,12,16-17H,1-4H2. The highest BCUT2D eigenvalue weighted by atomic mass is 19.4. The minimum atomic E-state index is -4.62. The van der Waals surface area contributed by atoms with E-state index >= 15 is 0 Å². The van der Waals surface area contributed by atoms with Crippen molar-refractivity contribution in [2.24, 2.45) is 0 Å². The minimum absolute atomic E-state index is 0.0680. The van der Waals surface area contributed by atoms with Gasteiger partial charge in [0.15, 0.2) is 6.10 Å². The lowest BCUT2D eigenvalue weighted by Gasteiger charge is -2.14. The lowest BCUT2D eigenvalue weighted by molar-refractivity contribution is -0.201. The Hall–Kier alpha value is -1.19. The number of nitrogens with zero attached hydrogens (tertiary/aromatic N) is 3. The van der Waals surface area contributed by atoms with Crippen molar-refractivity contribution in [2.75, 3.05) is 13.2 Å². The summed E-state index contributed by atoms with van der Waals surface area (Å²) in [6, 6.07) is 0. The van der Waals surface area contributed by atoms with Gasteiger partial charge >= 0.3 is 6.18 Å². The molecule has 0 aromatic carbocycles. The molecule has 0 aliphatic rings. The fourth-order valence-electron chi connectivity index (χ4n) is 1.08. The molecule has 9 heteroatoms. The average molecular weight is 254 g/mol. The summed E-state index contributed by atoms with van der Waals surface area (Å²) in [5, 5.41) is 27.0. The molecule has 0 saturated carbocycles. The summed E-state index contributed by atoms with van der Waals surface area (Å²) in [7, 11) is 0. The van der Waals surface area contributed by atoms with Crippen LogP contribution in [0.15, 0.2) is 6.20 Å². The van der Waals surface area contributed by atoms with E-state index in [0.29, 0.717) is 5.69 Å². The van der Waals surface area contributed by atoms with Gasteiger partial charge in [0.2, 0.25) is 0 Å². The Morgan fingerprint density at radius 1 is 1.47 bits per heavy atom. The predicted molar refractivity (Wildman–Crippen MR) is 50.9 cm³/mol. The Labute approximate surface area is 95.1 Å². The summed E-state index contributed by atoms with van der Waals surface area (Å²) < 4.78 is 37.2. The number of aliphatic hydroxyl groups is 2. The Bertz CT molecular complexity index is 342. The molecule has 0 saturated heterocycles. The normalized spacial score (nSPS) is 13.9. The van der Waals surface area contributed by atoms with E-state index in [1.54, 1.807) is 0 Å². The molecule has 3 N–H and O–H groups in total. The van der Waals surface area contributed by atoms with E-state index < -0.39 is 18.8 Å². The first-order valence-corrected chi connectivity index (χ1v) is 4.89. The molecule has 17 heavy (non-hydrogen) atoms. The molecule has 0 fully saturated rings. The third-order valence-electron chi connectivity index (χ3n) is 1.94. The van der Waals surface area contributed by atoms with Crippen LogP contribution in [0.3, 0.4) is 0 Å². The first-order chi connectivity index (χ1) is 7.93. The molecule has 1 aromatic heterocycles. The Morgan fingerprint density at radius 3 is 2.76 bits per heavy atom. The maximum Gasteiger partial charge on any atom is 0.415 e. The van der Waals surface area contributed by atoms with Crippen LogP contribution >= 0.6 is 0 Å². The summed E-state index contributed by atoms with van der Waals surface area (Å²) in [5.41, 5.74) is 0.438. The van der Waals surface area contributed by atoms with E-state index in [1.165, 1.54) is 10.9 Å². The van der Waals surface area contributed by atoms with Crippen LogP contribution in [0.4, 0.5) is 13.2 Å². The predicted octanol–water partition coefficient (Wildman–Crippen LogP) is -0.717. The SMILES string of the molecule is OCCn1cc(CNCC(O)C(F)(F)F)nn1. The van der Waals surface area contributed by atoms with Crippen LogP contribution < -0.4 is 5.32 Å². The molecular weight excluding hydrogens is 241 g/mol. The summed E-state index contributed by atoms with van der Waals surface area (Å²) in [5.74, 6) is 0. The van der Waals surface area contributed by atoms with E-state index in [-0.39, 0.29) is 19.7 Å². The summed E-state index contributed by atoms with van der Waals surface area (Å²) in [6.45, 7) is -0.351. The van der Waals surface area contributed by atoms with Gasteiger partial charge in [0.1, 0.15) is 0 Å². The van der Waals surface area contributed by atoms with E-state index in [2.05, 4.69) is 15.6 Å². The van der Waals surface area contributed by atoms with Crippen molar-refractivity contribution < 1.29 is 23.4 Å². The summed E-state index contributed by atoms with van der Waals surface area (Å²) >= 11 is 0. The topological polar surface area (TPSA) is 83.2 Å². The number of hydrogen-bond donors (Lipinski definition) is 3. The van der Waals surface area contributed by atoms with Gasteiger partial charge in [-0.05, 0) is 0 Å². The molecule has 1 heterocycles. The third kappa shape index (κ3) is 4.67. The lowest BCUT2D eigenvalue weighted by atomic mass is 10.3. The fourth-order valence-corrected chi connectivity index (χ4v) is 1.08. The number of aliphatic hydroxyl groups excluding tert-OH is 2. The second-order valence-electron chi connectivity index (χ2n) is 3.38. The quantitative estimate of drug-likeness (QED) is 0.624. The van der Waals surface area contributed by atoms with Crippen LogP contribution in [0.1, 0.15) is 5.69 Å². The number of rotatable bonds is 6. The van der Waals surface area contributed by atoms with E-state index in [4.69, 9.17) is 10.2 Å². The second kappa shape index (κ2) is 5.94. The Kier molecular flexibility index (Phi) is 4.85. The zero-order valence-corrected chi connectivity index (χ0v) is 8.85. The van der Waals surface area contributed by atoms with Gasteiger partial charge in [-0.3, -0.25) is 0 Å². The minimum Gasteiger partial charge on any atom is -0.394 e. The highest BCUT2D eigenvalue weighted by Gasteiger charge is 2.37. The molecule has 0 radical (unpaired) electrons. The largest absolute Gasteiger partial charge is 0.415 e. The molecule has 1 aromatic rings. The maximum atomic E-state index is 11.9. The van der Waals surface area contributed by atoms with Crippen LogP contribution in [0.5, 0.6) is 0 Å². The highest BCUT2D eigenvalue weighted by molar-refractivity contribution is 4.91. The van der Waals surface area contributed by atoms with E-state index in [1.807, 2.05) is 0 Å². The maximum absolute atomic E-state index is 11.9. The molecule has 0 amide bonds. The van der Waals surface area contributed by atoms with Crippen molar-refractivity contribution >= 4 is 0 Å². The second-order valence-corrected chi connectivity index (χ2v) is 3.38. The number of aromatic nitrogens is 3. The van der Waals surface area contributed by atoms with Crippen LogP contribution in [-0.2, 0) is 13.1 Å². The van der Waals surface area contributed by atoms with Gasteiger partial charge < -0.3 is 15.5 Å². The van der Waals surface area contributed by atoms with Gasteiger partial charge in [0, 0.05) is 19.3 Å². The molecule has 0 bridgehead atoms. The van der Waals surface area contributed by atoms with Crippen molar-refractivity contribution in [3.8, 4) is 0 Å². The number of nitrogens with one attached hydrogen (secondary N) is 1.